The molecule has 5 rings (SSSR count). The largest absolute Gasteiger partial charge is 0.350 e. The van der Waals surface area contributed by atoms with Gasteiger partial charge in [-0.3, -0.25) is 28.8 Å². The molecule has 0 radical (unpaired) electrons. The number of halogens is 1. The summed E-state index contributed by atoms with van der Waals surface area (Å²) in [6, 6.07) is 7.48. The normalized spacial score (nSPS) is 25.0. The Morgan fingerprint density at radius 2 is 1.71 bits per heavy atom. The smallest absolute Gasteiger partial charge is 0.268 e. The number of amides is 6. The van der Waals surface area contributed by atoms with Crippen LogP contribution in [0.2, 0.25) is 0 Å². The molecular formula is C37H46FN7O6S. The van der Waals surface area contributed by atoms with E-state index in [0.717, 1.165) is 0 Å². The molecule has 0 unspecified atom stereocenters. The van der Waals surface area contributed by atoms with Gasteiger partial charge in [0, 0.05) is 23.5 Å². The summed E-state index contributed by atoms with van der Waals surface area (Å²) in [4.78, 5) is 86.8. The molecule has 6 N–H and O–H groups in total. The highest BCUT2D eigenvalue weighted by molar-refractivity contribution is 7.98. The maximum Gasteiger partial charge on any atom is 0.268 e. The van der Waals surface area contributed by atoms with Gasteiger partial charge < -0.3 is 36.5 Å². The van der Waals surface area contributed by atoms with Crippen molar-refractivity contribution in [2.75, 3.05) is 18.6 Å². The predicted octanol–water partition coefficient (Wildman–Crippen LogP) is 2.46. The molecule has 13 nitrogen and oxygen atoms in total. The van der Waals surface area contributed by atoms with E-state index in [2.05, 4.69) is 31.6 Å². The van der Waals surface area contributed by atoms with Crippen molar-refractivity contribution in [3.05, 3.63) is 71.2 Å². The summed E-state index contributed by atoms with van der Waals surface area (Å²) < 4.78 is 14.0. The number of hydrogen-bond acceptors (Lipinski definition) is 7. The lowest BCUT2D eigenvalue weighted by molar-refractivity contribution is -0.143. The van der Waals surface area contributed by atoms with Crippen molar-refractivity contribution >= 4 is 58.1 Å². The van der Waals surface area contributed by atoms with Crippen LogP contribution >= 0.6 is 11.8 Å². The molecule has 2 fully saturated rings. The average Bonchev–Trinajstić information content (AvgIpc) is 3.68. The number of carbonyl (C=O) groups excluding carboxylic acids is 6. The van der Waals surface area contributed by atoms with Gasteiger partial charge in [-0.2, -0.15) is 11.8 Å². The lowest BCUT2D eigenvalue weighted by Gasteiger charge is -2.32. The quantitative estimate of drug-likeness (QED) is 0.216. The maximum absolute atomic E-state index is 14.3. The number of rotatable bonds is 7. The Hall–Kier alpha value is -4.92. The molecule has 3 heterocycles. The lowest BCUT2D eigenvalue weighted by Crippen LogP contribution is -2.59. The lowest BCUT2D eigenvalue weighted by atomic mass is 10.0. The average molecular weight is 736 g/mol. The Kier molecular flexibility index (Phi) is 12.2. The van der Waals surface area contributed by atoms with E-state index < -0.39 is 83.4 Å². The summed E-state index contributed by atoms with van der Waals surface area (Å²) in [6.07, 6.45) is 2.03. The van der Waals surface area contributed by atoms with Gasteiger partial charge in [-0.15, -0.1) is 0 Å². The molecule has 1 aromatic heterocycles. The molecule has 3 aromatic rings. The van der Waals surface area contributed by atoms with Crippen molar-refractivity contribution in [3.8, 4) is 0 Å². The molecule has 2 aliphatic heterocycles. The van der Waals surface area contributed by atoms with Crippen LogP contribution in [0.25, 0.3) is 10.9 Å². The van der Waals surface area contributed by atoms with E-state index in [1.54, 1.807) is 51.1 Å². The Balaban J connectivity index is 1.46. The van der Waals surface area contributed by atoms with Crippen molar-refractivity contribution in [1.82, 2.24) is 36.5 Å². The minimum atomic E-state index is -1.09. The fourth-order valence-electron chi connectivity index (χ4n) is 6.71. The summed E-state index contributed by atoms with van der Waals surface area (Å²) >= 11 is 1.50. The van der Waals surface area contributed by atoms with Crippen LogP contribution in [0.15, 0.2) is 48.5 Å². The van der Waals surface area contributed by atoms with E-state index in [-0.39, 0.29) is 25.1 Å². The van der Waals surface area contributed by atoms with Gasteiger partial charge in [0.05, 0.1) is 12.5 Å². The summed E-state index contributed by atoms with van der Waals surface area (Å²) in [5.74, 6) is -3.52. The summed E-state index contributed by atoms with van der Waals surface area (Å²) in [5, 5.41) is 14.7. The van der Waals surface area contributed by atoms with E-state index in [0.29, 0.717) is 34.2 Å². The van der Waals surface area contributed by atoms with Crippen LogP contribution in [0.5, 0.6) is 0 Å². The highest BCUT2D eigenvalue weighted by atomic mass is 32.2. The first-order valence-corrected chi connectivity index (χ1v) is 18.8. The number of hydrogen-bond donors (Lipinski definition) is 6. The number of aromatic amines is 1. The van der Waals surface area contributed by atoms with Crippen LogP contribution in [0.3, 0.4) is 0 Å². The first-order chi connectivity index (χ1) is 24.8. The van der Waals surface area contributed by atoms with Crippen molar-refractivity contribution in [2.24, 2.45) is 5.92 Å². The zero-order valence-electron chi connectivity index (χ0n) is 29.9. The molecule has 2 saturated heterocycles. The number of nitrogens with zero attached hydrogens (tertiary/aromatic N) is 1. The molecular weight excluding hydrogens is 690 g/mol. The van der Waals surface area contributed by atoms with Gasteiger partial charge in [-0.1, -0.05) is 44.2 Å². The summed E-state index contributed by atoms with van der Waals surface area (Å²) in [6.45, 7) is 6.68. The molecule has 0 bridgehead atoms. The fraction of sp³-hybridized carbons (Fsp3) is 0.459. The molecule has 6 atom stereocenters. The van der Waals surface area contributed by atoms with Crippen molar-refractivity contribution in [2.45, 2.75) is 83.2 Å². The fourth-order valence-corrected chi connectivity index (χ4v) is 7.19. The molecule has 0 aliphatic carbocycles. The highest BCUT2D eigenvalue weighted by Crippen LogP contribution is 2.26. The maximum atomic E-state index is 14.3. The van der Waals surface area contributed by atoms with Crippen LogP contribution < -0.4 is 26.6 Å². The molecule has 0 spiro atoms. The number of fused-ring (bicyclic) bond motifs is 2. The predicted molar refractivity (Wildman–Crippen MR) is 196 cm³/mol. The molecule has 2 aromatic carbocycles. The topological polar surface area (TPSA) is 182 Å². The number of nitrogens with one attached hydrogen (secondary N) is 6. The molecule has 0 saturated carbocycles. The highest BCUT2D eigenvalue weighted by Gasteiger charge is 2.44. The molecule has 278 valence electrons. The standard InChI is InChI=1S/C37H46FN7O6S/c1-19(2)31-37(51)45-18-24(40-36(50)32-20(3)25-15-23(38)11-12-26(25)42-32)16-29(45)35(49)39-21(4)33(47)43-28(22-9-7-6-8-10-22)17-30(46)41-27(13-14-52-5)34(48)44-31/h6-12,15,19,21,24,27-29,31,42H,13-14,16-18H2,1-5H3,(H,39,49)(H,40,50)(H,41,46)(H,43,47)(H,44,48)/t21-,24-,27-,28-,29-,31-/m0/s1. The third kappa shape index (κ3) is 8.75. The van der Waals surface area contributed by atoms with Crippen LogP contribution in [-0.2, 0) is 24.0 Å². The zero-order valence-corrected chi connectivity index (χ0v) is 30.7. The van der Waals surface area contributed by atoms with Crippen molar-refractivity contribution in [1.29, 1.82) is 0 Å². The van der Waals surface area contributed by atoms with Gasteiger partial charge in [0.15, 0.2) is 0 Å². The number of H-pyrrole nitrogens is 1. The van der Waals surface area contributed by atoms with E-state index in [4.69, 9.17) is 0 Å². The number of aromatic nitrogens is 1. The third-order valence-electron chi connectivity index (χ3n) is 9.62. The molecule has 6 amide bonds. The van der Waals surface area contributed by atoms with Gasteiger partial charge in [-0.05, 0) is 73.9 Å². The second kappa shape index (κ2) is 16.6. The van der Waals surface area contributed by atoms with Gasteiger partial charge in [0.2, 0.25) is 29.5 Å². The molecule has 15 heteroatoms. The number of carbonyl (C=O) groups is 6. The second-order valence-electron chi connectivity index (χ2n) is 13.8. The van der Waals surface area contributed by atoms with Crippen LogP contribution in [0, 0.1) is 18.7 Å². The summed E-state index contributed by atoms with van der Waals surface area (Å²) in [7, 11) is 0. The Bertz CT molecular complexity index is 1840. The zero-order chi connectivity index (χ0) is 37.7. The van der Waals surface area contributed by atoms with Gasteiger partial charge in [-0.25, -0.2) is 4.39 Å². The van der Waals surface area contributed by atoms with Crippen LogP contribution in [0.4, 0.5) is 4.39 Å². The number of benzene rings is 2. The Morgan fingerprint density at radius 1 is 0.981 bits per heavy atom. The van der Waals surface area contributed by atoms with E-state index >= 15 is 0 Å². The monoisotopic (exact) mass is 735 g/mol. The van der Waals surface area contributed by atoms with E-state index in [1.807, 2.05) is 12.3 Å². The first-order valence-electron chi connectivity index (χ1n) is 17.4. The minimum Gasteiger partial charge on any atom is -0.350 e. The SMILES string of the molecule is CSCC[C@@H]1NC(=O)C[C@@H](c2ccccc2)NC(=O)[C@H](C)NC(=O)[C@@H]2C[C@H](NC(=O)c3[nH]c4ccc(F)cc4c3C)CN2C(=O)[C@H](C(C)C)NC1=O. The van der Waals surface area contributed by atoms with Crippen molar-refractivity contribution < 1.29 is 33.2 Å². The van der Waals surface area contributed by atoms with Crippen molar-refractivity contribution in [3.63, 3.8) is 0 Å². The van der Waals surface area contributed by atoms with Crippen LogP contribution in [-0.4, -0.2) is 94.1 Å². The third-order valence-corrected chi connectivity index (χ3v) is 10.3. The first kappa shape index (κ1) is 38.3. The summed E-state index contributed by atoms with van der Waals surface area (Å²) in [5.41, 5.74) is 2.01. The Morgan fingerprint density at radius 3 is 2.40 bits per heavy atom. The second-order valence-corrected chi connectivity index (χ2v) is 14.8. The number of thioether (sulfide) groups is 1. The van der Waals surface area contributed by atoms with E-state index in [1.165, 1.54) is 35.7 Å². The molecule has 52 heavy (non-hydrogen) atoms. The van der Waals surface area contributed by atoms with Gasteiger partial charge in [0.25, 0.3) is 5.91 Å². The van der Waals surface area contributed by atoms with E-state index in [9.17, 15) is 33.2 Å². The van der Waals surface area contributed by atoms with Gasteiger partial charge in [0.1, 0.15) is 35.7 Å². The minimum absolute atomic E-state index is 0.0311. The Labute approximate surface area is 306 Å². The molecule has 2 aliphatic rings. The number of aryl methyl sites for hydroxylation is 1. The van der Waals surface area contributed by atoms with Gasteiger partial charge >= 0.3 is 0 Å². The van der Waals surface area contributed by atoms with Crippen LogP contribution in [0.1, 0.15) is 67.7 Å².